The van der Waals surface area contributed by atoms with Crippen molar-refractivity contribution in [3.63, 3.8) is 0 Å². The van der Waals surface area contributed by atoms with Crippen LogP contribution in [0.25, 0.3) is 0 Å². The first-order valence-electron chi connectivity index (χ1n) is 5.29. The number of alkyl halides is 4. The van der Waals surface area contributed by atoms with Crippen LogP contribution in [0, 0.1) is 0 Å². The molecule has 0 atom stereocenters. The fourth-order valence-electron chi connectivity index (χ4n) is 1.25. The molecule has 0 aliphatic heterocycles. The predicted octanol–water partition coefficient (Wildman–Crippen LogP) is 3.56. The molecule has 18 heavy (non-hydrogen) atoms. The number of rotatable bonds is 6. The quantitative estimate of drug-likeness (QED) is 0.580. The lowest BCUT2D eigenvalue weighted by Crippen LogP contribution is -2.34. The molecule has 0 heterocycles. The van der Waals surface area contributed by atoms with Crippen molar-refractivity contribution in [2.75, 3.05) is 6.61 Å². The number of benzene rings is 1. The van der Waals surface area contributed by atoms with E-state index in [4.69, 9.17) is 0 Å². The van der Waals surface area contributed by atoms with Crippen molar-refractivity contribution < 1.29 is 27.1 Å². The first-order chi connectivity index (χ1) is 8.38. The van der Waals surface area contributed by atoms with E-state index in [9.17, 15) is 22.4 Å². The van der Waals surface area contributed by atoms with Gasteiger partial charge in [0.05, 0.1) is 5.56 Å². The maximum atomic E-state index is 12.7. The van der Waals surface area contributed by atoms with E-state index in [-0.39, 0.29) is 23.5 Å². The summed E-state index contributed by atoms with van der Waals surface area (Å²) in [6, 6.07) is 5.72. The highest BCUT2D eigenvalue weighted by atomic mass is 19.3. The highest BCUT2D eigenvalue weighted by molar-refractivity contribution is 5.98. The molecule has 0 aliphatic rings. The summed E-state index contributed by atoms with van der Waals surface area (Å²) >= 11 is 0. The van der Waals surface area contributed by atoms with E-state index in [2.05, 4.69) is 4.74 Å². The Hall–Kier alpha value is -1.59. The largest absolute Gasteiger partial charge is 0.486 e. The molecule has 1 aromatic carbocycles. The van der Waals surface area contributed by atoms with Gasteiger partial charge in [0.15, 0.2) is 12.4 Å². The van der Waals surface area contributed by atoms with Gasteiger partial charge in [0, 0.05) is 6.42 Å². The first kappa shape index (κ1) is 14.5. The molecule has 0 fully saturated rings. The molecule has 0 unspecified atom stereocenters. The van der Waals surface area contributed by atoms with Gasteiger partial charge in [-0.05, 0) is 12.1 Å². The molecule has 0 aliphatic carbocycles. The van der Waals surface area contributed by atoms with Gasteiger partial charge in [0.1, 0.15) is 5.75 Å². The van der Waals surface area contributed by atoms with E-state index in [1.54, 1.807) is 13.0 Å². The van der Waals surface area contributed by atoms with Crippen molar-refractivity contribution in [3.8, 4) is 5.75 Å². The highest BCUT2D eigenvalue weighted by Crippen LogP contribution is 2.26. The van der Waals surface area contributed by atoms with Crippen LogP contribution in [0.3, 0.4) is 0 Å². The number of ketones is 1. The second-order valence-corrected chi connectivity index (χ2v) is 3.62. The Morgan fingerprint density at radius 3 is 2.50 bits per heavy atom. The van der Waals surface area contributed by atoms with E-state index in [1.807, 2.05) is 0 Å². The smallest absolute Gasteiger partial charge is 0.340 e. The second-order valence-electron chi connectivity index (χ2n) is 3.62. The molecule has 0 radical (unpaired) electrons. The molecule has 1 aromatic rings. The van der Waals surface area contributed by atoms with Crippen LogP contribution in [0.1, 0.15) is 23.7 Å². The van der Waals surface area contributed by atoms with E-state index >= 15 is 0 Å². The molecule has 0 aromatic heterocycles. The second kappa shape index (κ2) is 5.84. The van der Waals surface area contributed by atoms with Crippen molar-refractivity contribution in [2.45, 2.75) is 25.7 Å². The van der Waals surface area contributed by atoms with E-state index < -0.39 is 19.0 Å². The third kappa shape index (κ3) is 3.45. The SMILES string of the molecule is CCC(=O)c1ccccc1OCC(F)(F)C(F)F. The molecular formula is C12H12F4O2. The summed E-state index contributed by atoms with van der Waals surface area (Å²) in [6.45, 7) is 0.144. The Labute approximate surface area is 102 Å². The van der Waals surface area contributed by atoms with Gasteiger partial charge in [0.2, 0.25) is 0 Å². The zero-order valence-electron chi connectivity index (χ0n) is 9.63. The van der Waals surface area contributed by atoms with Gasteiger partial charge >= 0.3 is 12.3 Å². The molecule has 1 rings (SSSR count). The lowest BCUT2D eigenvalue weighted by Gasteiger charge is -2.17. The number of Topliss-reactive ketones (excluding diaryl/α,β-unsaturated/α-hetero) is 1. The van der Waals surface area contributed by atoms with Crippen molar-refractivity contribution in [2.24, 2.45) is 0 Å². The van der Waals surface area contributed by atoms with Gasteiger partial charge < -0.3 is 4.74 Å². The van der Waals surface area contributed by atoms with Crippen LogP contribution in [-0.4, -0.2) is 24.7 Å². The molecule has 0 N–H and O–H groups in total. The van der Waals surface area contributed by atoms with Crippen LogP contribution in [-0.2, 0) is 0 Å². The summed E-state index contributed by atoms with van der Waals surface area (Å²) in [5.41, 5.74) is 0.116. The summed E-state index contributed by atoms with van der Waals surface area (Å²) in [5, 5.41) is 0. The lowest BCUT2D eigenvalue weighted by atomic mass is 10.1. The number of ether oxygens (including phenoxy) is 1. The molecular weight excluding hydrogens is 252 g/mol. The number of hydrogen-bond acceptors (Lipinski definition) is 2. The number of para-hydroxylation sites is 1. The van der Waals surface area contributed by atoms with Crippen LogP contribution in [0.4, 0.5) is 17.6 Å². The van der Waals surface area contributed by atoms with Crippen molar-refractivity contribution in [1.29, 1.82) is 0 Å². The molecule has 0 spiro atoms. The third-order valence-corrected chi connectivity index (χ3v) is 2.25. The molecule has 6 heteroatoms. The Morgan fingerprint density at radius 1 is 1.33 bits per heavy atom. The predicted molar refractivity (Wildman–Crippen MR) is 57.5 cm³/mol. The van der Waals surface area contributed by atoms with E-state index in [0.29, 0.717) is 0 Å². The summed E-state index contributed by atoms with van der Waals surface area (Å²) in [4.78, 5) is 11.5. The standard InChI is InChI=1S/C12H12F4O2/c1-2-9(17)8-5-3-4-6-10(8)18-7-12(15,16)11(13)14/h3-6,11H,2,7H2,1H3. The normalized spacial score (nSPS) is 11.7. The minimum Gasteiger partial charge on any atom is -0.486 e. The average Bonchev–Trinajstić information content (AvgIpc) is 2.35. The number of hydrogen-bond donors (Lipinski definition) is 0. The van der Waals surface area contributed by atoms with Gasteiger partial charge in [-0.2, -0.15) is 8.78 Å². The number of carbonyl (C=O) groups excluding carboxylic acids is 1. The fraction of sp³-hybridized carbons (Fsp3) is 0.417. The molecule has 100 valence electrons. The van der Waals surface area contributed by atoms with Gasteiger partial charge in [-0.15, -0.1) is 0 Å². The number of halogens is 4. The summed E-state index contributed by atoms with van der Waals surface area (Å²) in [5.74, 6) is -4.64. The minimum absolute atomic E-state index is 0.107. The van der Waals surface area contributed by atoms with Gasteiger partial charge in [-0.25, -0.2) is 8.78 Å². The lowest BCUT2D eigenvalue weighted by molar-refractivity contribution is -0.148. The zero-order chi connectivity index (χ0) is 13.8. The van der Waals surface area contributed by atoms with E-state index in [1.165, 1.54) is 18.2 Å². The Balaban J connectivity index is 2.82. The summed E-state index contributed by atoms with van der Waals surface area (Å²) in [7, 11) is 0. The maximum Gasteiger partial charge on any atom is 0.340 e. The molecule has 2 nitrogen and oxygen atoms in total. The van der Waals surface area contributed by atoms with Crippen LogP contribution >= 0.6 is 0 Å². The average molecular weight is 264 g/mol. The Morgan fingerprint density at radius 2 is 1.94 bits per heavy atom. The zero-order valence-corrected chi connectivity index (χ0v) is 9.63. The van der Waals surface area contributed by atoms with Crippen molar-refractivity contribution in [1.82, 2.24) is 0 Å². The molecule has 0 amide bonds. The Bertz CT molecular complexity index is 418. The van der Waals surface area contributed by atoms with Crippen LogP contribution in [0.5, 0.6) is 5.75 Å². The van der Waals surface area contributed by atoms with E-state index in [0.717, 1.165) is 0 Å². The highest BCUT2D eigenvalue weighted by Gasteiger charge is 2.41. The third-order valence-electron chi connectivity index (χ3n) is 2.25. The molecule has 0 saturated carbocycles. The summed E-state index contributed by atoms with van der Waals surface area (Å²) < 4.78 is 53.9. The Kier molecular flexibility index (Phi) is 4.69. The topological polar surface area (TPSA) is 26.3 Å². The first-order valence-corrected chi connectivity index (χ1v) is 5.29. The van der Waals surface area contributed by atoms with Gasteiger partial charge in [-0.3, -0.25) is 4.79 Å². The van der Waals surface area contributed by atoms with Crippen LogP contribution in [0.2, 0.25) is 0 Å². The van der Waals surface area contributed by atoms with Gasteiger partial charge in [0.25, 0.3) is 0 Å². The molecule has 0 saturated heterocycles. The minimum atomic E-state index is -4.23. The molecule has 0 bridgehead atoms. The number of carbonyl (C=O) groups is 1. The summed E-state index contributed by atoms with van der Waals surface area (Å²) in [6.07, 6.45) is -3.63. The maximum absolute atomic E-state index is 12.7. The van der Waals surface area contributed by atoms with Crippen molar-refractivity contribution >= 4 is 5.78 Å². The fourth-order valence-corrected chi connectivity index (χ4v) is 1.25. The monoisotopic (exact) mass is 264 g/mol. The van der Waals surface area contributed by atoms with Crippen LogP contribution < -0.4 is 4.74 Å². The van der Waals surface area contributed by atoms with Crippen molar-refractivity contribution in [3.05, 3.63) is 29.8 Å². The van der Waals surface area contributed by atoms with Gasteiger partial charge in [-0.1, -0.05) is 19.1 Å². The van der Waals surface area contributed by atoms with Crippen LogP contribution in [0.15, 0.2) is 24.3 Å².